The summed E-state index contributed by atoms with van der Waals surface area (Å²) >= 11 is 0. The Labute approximate surface area is 258 Å². The first-order valence-electron chi connectivity index (χ1n) is 14.6. The van der Waals surface area contributed by atoms with Crippen molar-refractivity contribution in [2.24, 2.45) is 0 Å². The molecule has 0 aliphatic carbocycles. The van der Waals surface area contributed by atoms with E-state index in [1.54, 1.807) is 12.1 Å². The van der Waals surface area contributed by atoms with E-state index < -0.39 is 16.0 Å². The largest absolute Gasteiger partial charge is 0.494 e. The van der Waals surface area contributed by atoms with Crippen LogP contribution >= 0.6 is 0 Å². The number of benzene rings is 4. The summed E-state index contributed by atoms with van der Waals surface area (Å²) in [6.45, 7) is 5.55. The Morgan fingerprint density at radius 3 is 2.41 bits per heavy atom. The zero-order valence-electron chi connectivity index (χ0n) is 24.9. The van der Waals surface area contributed by atoms with Crippen LogP contribution in [-0.2, 0) is 27.2 Å². The molecule has 1 aliphatic heterocycles. The van der Waals surface area contributed by atoms with Crippen LogP contribution in [0.3, 0.4) is 0 Å². The van der Waals surface area contributed by atoms with Gasteiger partial charge in [-0.05, 0) is 77.9 Å². The third-order valence-electron chi connectivity index (χ3n) is 7.52. The lowest BCUT2D eigenvalue weighted by molar-refractivity contribution is -0.137. The molecule has 1 aliphatic rings. The summed E-state index contributed by atoms with van der Waals surface area (Å²) in [5, 5.41) is 9.12. The van der Waals surface area contributed by atoms with Crippen molar-refractivity contribution in [3.8, 4) is 28.4 Å². The Morgan fingerprint density at radius 2 is 1.66 bits per heavy atom. The molecule has 2 N–H and O–H groups in total. The number of ether oxygens (including phenoxy) is 3. The molecule has 4 aromatic carbocycles. The number of sulfonamides is 1. The first kappa shape index (κ1) is 31.1. The molecule has 8 nitrogen and oxygen atoms in total. The van der Waals surface area contributed by atoms with Gasteiger partial charge in [-0.15, -0.1) is 0 Å². The van der Waals surface area contributed by atoms with Gasteiger partial charge in [-0.3, -0.25) is 4.79 Å². The number of carbonyl (C=O) groups is 1. The van der Waals surface area contributed by atoms with Gasteiger partial charge in [0.25, 0.3) is 0 Å². The molecule has 9 heteroatoms. The standard InChI is InChI=1S/C35H37NO7S/c1-24-16-31(41-15-7-14-36-44(39,40)23-26-8-4-3-5-9-26)17-25(2)35(24)28-11-6-10-27(18-28)21-42-30-12-13-32-29(19-34(37)38)22-43-33(32)20-30/h3-6,8-13,16-18,20,29,36H,7,14-15,19,21-23H2,1-2H3,(H,37,38). The average Bonchev–Trinajstić information content (AvgIpc) is 3.37. The van der Waals surface area contributed by atoms with Crippen molar-refractivity contribution in [2.45, 2.75) is 45.0 Å². The molecule has 0 fully saturated rings. The minimum atomic E-state index is -3.40. The maximum Gasteiger partial charge on any atom is 0.304 e. The third-order valence-corrected chi connectivity index (χ3v) is 8.88. The molecule has 0 bridgehead atoms. The molecule has 1 unspecified atom stereocenters. The number of carboxylic acid groups (broad SMARTS) is 1. The van der Waals surface area contributed by atoms with Crippen LogP contribution in [0.25, 0.3) is 11.1 Å². The topological polar surface area (TPSA) is 111 Å². The van der Waals surface area contributed by atoms with Crippen molar-refractivity contribution in [1.82, 2.24) is 4.72 Å². The summed E-state index contributed by atoms with van der Waals surface area (Å²) in [7, 11) is -3.40. The number of hydrogen-bond donors (Lipinski definition) is 2. The lowest BCUT2D eigenvalue weighted by Crippen LogP contribution is -2.27. The van der Waals surface area contributed by atoms with Gasteiger partial charge in [0, 0.05) is 24.1 Å². The van der Waals surface area contributed by atoms with E-state index in [0.29, 0.717) is 44.3 Å². The SMILES string of the molecule is Cc1cc(OCCCNS(=O)(=O)Cc2ccccc2)cc(C)c1-c1cccc(COc2ccc3c(c2)OCC3CC(=O)O)c1. The van der Waals surface area contributed by atoms with E-state index in [0.717, 1.165) is 44.7 Å². The number of fused-ring (bicyclic) bond motifs is 1. The van der Waals surface area contributed by atoms with Gasteiger partial charge in [0.1, 0.15) is 23.9 Å². The van der Waals surface area contributed by atoms with Crippen LogP contribution in [0.4, 0.5) is 0 Å². The summed E-state index contributed by atoms with van der Waals surface area (Å²) in [6, 6.07) is 26.9. The molecular weight excluding hydrogens is 578 g/mol. The number of rotatable bonds is 14. The van der Waals surface area contributed by atoms with Gasteiger partial charge in [0.2, 0.25) is 10.0 Å². The number of carboxylic acids is 1. The summed E-state index contributed by atoms with van der Waals surface area (Å²) < 4.78 is 45.0. The summed E-state index contributed by atoms with van der Waals surface area (Å²) in [5.41, 5.74) is 7.03. The molecule has 5 rings (SSSR count). The molecule has 0 saturated carbocycles. The van der Waals surface area contributed by atoms with Crippen molar-refractivity contribution in [1.29, 1.82) is 0 Å². The minimum absolute atomic E-state index is 0.0403. The van der Waals surface area contributed by atoms with E-state index in [2.05, 4.69) is 30.7 Å². The molecule has 44 heavy (non-hydrogen) atoms. The van der Waals surface area contributed by atoms with Gasteiger partial charge in [-0.25, -0.2) is 13.1 Å². The Morgan fingerprint density at radius 1 is 0.909 bits per heavy atom. The molecular formula is C35H37NO7S. The van der Waals surface area contributed by atoms with Crippen LogP contribution in [0.15, 0.2) is 84.9 Å². The highest BCUT2D eigenvalue weighted by molar-refractivity contribution is 7.88. The Balaban J connectivity index is 1.14. The Kier molecular flexibility index (Phi) is 9.87. The fraction of sp³-hybridized carbons (Fsp3) is 0.286. The van der Waals surface area contributed by atoms with Gasteiger partial charge >= 0.3 is 5.97 Å². The van der Waals surface area contributed by atoms with Gasteiger partial charge in [0.05, 0.1) is 25.4 Å². The zero-order valence-corrected chi connectivity index (χ0v) is 25.7. The number of aryl methyl sites for hydroxylation is 2. The quantitative estimate of drug-likeness (QED) is 0.158. The minimum Gasteiger partial charge on any atom is -0.494 e. The molecule has 1 atom stereocenters. The maximum atomic E-state index is 12.3. The van der Waals surface area contributed by atoms with Gasteiger partial charge in [-0.1, -0.05) is 54.6 Å². The van der Waals surface area contributed by atoms with Crippen LogP contribution in [0.2, 0.25) is 0 Å². The zero-order chi connectivity index (χ0) is 31.1. The van der Waals surface area contributed by atoms with E-state index in [1.807, 2.05) is 60.7 Å². The number of nitrogens with one attached hydrogen (secondary N) is 1. The van der Waals surface area contributed by atoms with E-state index in [9.17, 15) is 13.2 Å². The second kappa shape index (κ2) is 14.0. The highest BCUT2D eigenvalue weighted by Gasteiger charge is 2.26. The second-order valence-electron chi connectivity index (χ2n) is 11.1. The first-order valence-corrected chi connectivity index (χ1v) is 16.3. The van der Waals surface area contributed by atoms with Crippen LogP contribution in [0, 0.1) is 13.8 Å². The molecule has 0 amide bonds. The second-order valence-corrected chi connectivity index (χ2v) is 12.9. The molecule has 1 heterocycles. The van der Waals surface area contributed by atoms with Crippen molar-refractivity contribution < 1.29 is 32.5 Å². The monoisotopic (exact) mass is 615 g/mol. The van der Waals surface area contributed by atoms with E-state index in [4.69, 9.17) is 19.3 Å². The molecule has 230 valence electrons. The van der Waals surface area contributed by atoms with Crippen molar-refractivity contribution >= 4 is 16.0 Å². The highest BCUT2D eigenvalue weighted by Crippen LogP contribution is 2.38. The van der Waals surface area contributed by atoms with E-state index in [1.165, 1.54) is 0 Å². The average molecular weight is 616 g/mol. The Bertz CT molecular complexity index is 1700. The predicted octanol–water partition coefficient (Wildman–Crippen LogP) is 6.39. The third kappa shape index (κ3) is 8.18. The van der Waals surface area contributed by atoms with Crippen LogP contribution in [-0.4, -0.2) is 39.3 Å². The molecule has 0 aromatic heterocycles. The summed E-state index contributed by atoms with van der Waals surface area (Å²) in [6.07, 6.45) is 0.598. The van der Waals surface area contributed by atoms with Crippen LogP contribution in [0.1, 0.15) is 46.6 Å². The molecule has 0 saturated heterocycles. The lowest BCUT2D eigenvalue weighted by atomic mass is 9.94. The van der Waals surface area contributed by atoms with Crippen molar-refractivity contribution in [2.75, 3.05) is 19.8 Å². The molecule has 0 spiro atoms. The highest BCUT2D eigenvalue weighted by atomic mass is 32.2. The summed E-state index contributed by atoms with van der Waals surface area (Å²) in [5.74, 6) is 1.09. The molecule has 4 aromatic rings. The van der Waals surface area contributed by atoms with E-state index in [-0.39, 0.29) is 18.1 Å². The van der Waals surface area contributed by atoms with Crippen LogP contribution < -0.4 is 18.9 Å². The summed E-state index contributed by atoms with van der Waals surface area (Å²) in [4.78, 5) is 11.1. The van der Waals surface area contributed by atoms with Crippen molar-refractivity contribution in [3.63, 3.8) is 0 Å². The van der Waals surface area contributed by atoms with Gasteiger partial charge in [-0.2, -0.15) is 0 Å². The first-order chi connectivity index (χ1) is 21.2. The van der Waals surface area contributed by atoms with Gasteiger partial charge < -0.3 is 19.3 Å². The predicted molar refractivity (Wildman–Crippen MR) is 170 cm³/mol. The van der Waals surface area contributed by atoms with Crippen molar-refractivity contribution in [3.05, 3.63) is 113 Å². The van der Waals surface area contributed by atoms with Crippen LogP contribution in [0.5, 0.6) is 17.2 Å². The fourth-order valence-corrected chi connectivity index (χ4v) is 6.70. The number of hydrogen-bond acceptors (Lipinski definition) is 6. The van der Waals surface area contributed by atoms with E-state index >= 15 is 0 Å². The lowest BCUT2D eigenvalue weighted by Gasteiger charge is -2.15. The Hall–Kier alpha value is -4.34. The maximum absolute atomic E-state index is 12.3. The van der Waals surface area contributed by atoms with Gasteiger partial charge in [0.15, 0.2) is 0 Å². The fourth-order valence-electron chi connectivity index (χ4n) is 5.51. The molecule has 0 radical (unpaired) electrons. The number of aliphatic carboxylic acids is 1. The smallest absolute Gasteiger partial charge is 0.304 e. The normalized spacial score (nSPS) is 14.1.